The van der Waals surface area contributed by atoms with Crippen LogP contribution in [0.2, 0.25) is 10.0 Å². The number of ether oxygens (including phenoxy) is 1. The first-order valence-corrected chi connectivity index (χ1v) is 10.5. The lowest BCUT2D eigenvalue weighted by atomic mass is 9.75. The summed E-state index contributed by atoms with van der Waals surface area (Å²) >= 11 is 12.4. The number of aliphatic imine (C=N–C) groups is 1. The third-order valence-corrected chi connectivity index (χ3v) is 6.78. The molecule has 0 aromatic heterocycles. The van der Waals surface area contributed by atoms with E-state index in [1.807, 2.05) is 30.3 Å². The highest BCUT2D eigenvalue weighted by molar-refractivity contribution is 6.35. The molecule has 2 spiro atoms. The summed E-state index contributed by atoms with van der Waals surface area (Å²) in [5.41, 5.74) is 7.20. The Kier molecular flexibility index (Phi) is 4.13. The molecule has 5 nitrogen and oxygen atoms in total. The van der Waals surface area contributed by atoms with E-state index in [9.17, 15) is 4.79 Å². The number of halogens is 2. The summed E-state index contributed by atoms with van der Waals surface area (Å²) in [5.74, 6) is 0.842. The van der Waals surface area contributed by atoms with Gasteiger partial charge in [0.05, 0.1) is 0 Å². The van der Waals surface area contributed by atoms with E-state index in [1.165, 1.54) is 4.90 Å². The van der Waals surface area contributed by atoms with Crippen LogP contribution < -0.4 is 10.5 Å². The van der Waals surface area contributed by atoms with Gasteiger partial charge in [0, 0.05) is 29.1 Å². The predicted octanol–water partition coefficient (Wildman–Crippen LogP) is 4.74. The van der Waals surface area contributed by atoms with Gasteiger partial charge in [-0.2, -0.15) is 0 Å². The highest BCUT2D eigenvalue weighted by Crippen LogP contribution is 2.54. The minimum Gasteiger partial charge on any atom is -0.487 e. The maximum Gasteiger partial charge on any atom is 0.261 e. The fraction of sp³-hybridized carbons (Fsp3) is 0.364. The van der Waals surface area contributed by atoms with Gasteiger partial charge in [0.25, 0.3) is 5.91 Å². The first-order valence-electron chi connectivity index (χ1n) is 9.75. The van der Waals surface area contributed by atoms with Crippen LogP contribution in [0, 0.1) is 0 Å². The Labute approximate surface area is 179 Å². The molecule has 2 aliphatic heterocycles. The van der Waals surface area contributed by atoms with Crippen molar-refractivity contribution in [3.63, 3.8) is 0 Å². The smallest absolute Gasteiger partial charge is 0.261 e. The average molecular weight is 430 g/mol. The zero-order chi connectivity index (χ0) is 20.4. The van der Waals surface area contributed by atoms with E-state index < -0.39 is 5.54 Å². The molecule has 1 atom stereocenters. The number of hydrogen-bond donors (Lipinski definition) is 1. The average Bonchev–Trinajstić information content (AvgIpc) is 3.20. The van der Waals surface area contributed by atoms with Crippen LogP contribution in [0.5, 0.6) is 5.75 Å². The lowest BCUT2D eigenvalue weighted by Gasteiger charge is -2.43. The van der Waals surface area contributed by atoms with Crippen LogP contribution in [0.1, 0.15) is 37.7 Å². The highest BCUT2D eigenvalue weighted by Gasteiger charge is 2.58. The fourth-order valence-corrected chi connectivity index (χ4v) is 5.49. The summed E-state index contributed by atoms with van der Waals surface area (Å²) in [4.78, 5) is 19.5. The SMILES string of the molecule is CN1C(=O)C2(CC3(CCCC3)Oc3ccc(-c4cc(Cl)cc(Cl)c4)cc32)N=C1N. The van der Waals surface area contributed by atoms with E-state index >= 15 is 0 Å². The first-order chi connectivity index (χ1) is 13.8. The molecule has 2 aromatic carbocycles. The minimum absolute atomic E-state index is 0.105. The van der Waals surface area contributed by atoms with Gasteiger partial charge >= 0.3 is 0 Å². The van der Waals surface area contributed by atoms with Crippen molar-refractivity contribution in [2.45, 2.75) is 43.2 Å². The summed E-state index contributed by atoms with van der Waals surface area (Å²) in [6.07, 6.45) is 4.54. The van der Waals surface area contributed by atoms with Crippen LogP contribution in [0.3, 0.4) is 0 Å². The number of nitrogens with zero attached hydrogens (tertiary/aromatic N) is 2. The van der Waals surface area contributed by atoms with Crippen molar-refractivity contribution in [1.82, 2.24) is 4.90 Å². The minimum atomic E-state index is -1.05. The first kappa shape index (κ1) is 18.8. The van der Waals surface area contributed by atoms with Crippen molar-refractivity contribution in [1.29, 1.82) is 0 Å². The molecule has 2 aromatic rings. The van der Waals surface area contributed by atoms with Crippen LogP contribution in [-0.4, -0.2) is 29.4 Å². The number of likely N-dealkylation sites (N-methyl/N-ethyl adjacent to an activating group) is 1. The summed E-state index contributed by atoms with van der Waals surface area (Å²) in [6.45, 7) is 0. The Morgan fingerprint density at radius 2 is 1.76 bits per heavy atom. The molecule has 1 amide bonds. The van der Waals surface area contributed by atoms with E-state index in [4.69, 9.17) is 38.7 Å². The monoisotopic (exact) mass is 429 g/mol. The van der Waals surface area contributed by atoms with Crippen LogP contribution in [-0.2, 0) is 10.3 Å². The van der Waals surface area contributed by atoms with Crippen molar-refractivity contribution in [2.75, 3.05) is 7.05 Å². The number of fused-ring (bicyclic) bond motifs is 2. The van der Waals surface area contributed by atoms with Crippen molar-refractivity contribution < 1.29 is 9.53 Å². The van der Waals surface area contributed by atoms with Gasteiger partial charge in [0.2, 0.25) is 0 Å². The lowest BCUT2D eigenvalue weighted by molar-refractivity contribution is -0.134. The van der Waals surface area contributed by atoms with E-state index in [0.717, 1.165) is 42.4 Å². The van der Waals surface area contributed by atoms with Gasteiger partial charge in [0.1, 0.15) is 11.4 Å². The van der Waals surface area contributed by atoms with Gasteiger partial charge < -0.3 is 10.5 Å². The summed E-state index contributed by atoms with van der Waals surface area (Å²) in [6, 6.07) is 11.3. The van der Waals surface area contributed by atoms with E-state index in [0.29, 0.717) is 22.2 Å². The normalized spacial score (nSPS) is 24.7. The zero-order valence-electron chi connectivity index (χ0n) is 16.0. The van der Waals surface area contributed by atoms with Crippen molar-refractivity contribution in [3.05, 3.63) is 52.0 Å². The number of hydrogen-bond acceptors (Lipinski definition) is 4. The van der Waals surface area contributed by atoms with Gasteiger partial charge in [-0.05, 0) is 67.1 Å². The van der Waals surface area contributed by atoms with Gasteiger partial charge in [0.15, 0.2) is 11.5 Å². The van der Waals surface area contributed by atoms with Crippen molar-refractivity contribution in [3.8, 4) is 16.9 Å². The topological polar surface area (TPSA) is 67.9 Å². The Hall–Kier alpha value is -2.24. The van der Waals surface area contributed by atoms with Gasteiger partial charge in [-0.3, -0.25) is 9.69 Å². The highest BCUT2D eigenvalue weighted by atomic mass is 35.5. The zero-order valence-corrected chi connectivity index (χ0v) is 17.6. The third-order valence-electron chi connectivity index (χ3n) is 6.35. The Morgan fingerprint density at radius 3 is 2.38 bits per heavy atom. The van der Waals surface area contributed by atoms with E-state index in [1.54, 1.807) is 13.1 Å². The number of rotatable bonds is 1. The standard InChI is InChI=1S/C22H21Cl2N3O2/c1-27-19(28)22(26-20(27)25)12-21(6-2-3-7-21)29-18-5-4-13(10-17(18)22)14-8-15(23)11-16(24)9-14/h4-5,8-11H,2-3,6-7,12H2,1H3,(H2,25,26). The molecule has 150 valence electrons. The number of benzene rings is 2. The quantitative estimate of drug-likeness (QED) is 0.711. The second-order valence-corrected chi connectivity index (χ2v) is 9.11. The molecule has 1 fully saturated rings. The molecule has 0 saturated heterocycles. The van der Waals surface area contributed by atoms with Crippen LogP contribution in [0.25, 0.3) is 11.1 Å². The van der Waals surface area contributed by atoms with Crippen LogP contribution >= 0.6 is 23.2 Å². The van der Waals surface area contributed by atoms with Crippen LogP contribution in [0.4, 0.5) is 0 Å². The molecule has 0 radical (unpaired) electrons. The molecule has 5 rings (SSSR count). The number of nitrogens with two attached hydrogens (primary N) is 1. The number of carbonyl (C=O) groups excluding carboxylic acids is 1. The van der Waals surface area contributed by atoms with Gasteiger partial charge in [-0.15, -0.1) is 0 Å². The largest absolute Gasteiger partial charge is 0.487 e. The van der Waals surface area contributed by atoms with E-state index in [2.05, 4.69) is 0 Å². The molecule has 29 heavy (non-hydrogen) atoms. The molecular weight excluding hydrogens is 409 g/mol. The Balaban J connectivity index is 1.70. The van der Waals surface area contributed by atoms with Crippen molar-refractivity contribution in [2.24, 2.45) is 10.7 Å². The summed E-state index contributed by atoms with van der Waals surface area (Å²) < 4.78 is 6.49. The van der Waals surface area contributed by atoms with Gasteiger partial charge in [-0.25, -0.2) is 4.99 Å². The molecule has 1 saturated carbocycles. The molecule has 1 unspecified atom stereocenters. The Morgan fingerprint density at radius 1 is 1.07 bits per heavy atom. The molecule has 2 heterocycles. The molecule has 0 bridgehead atoms. The number of guanidine groups is 1. The van der Waals surface area contributed by atoms with Crippen molar-refractivity contribution >= 4 is 35.1 Å². The molecule has 3 aliphatic rings. The second kappa shape index (κ2) is 6.38. The number of carbonyl (C=O) groups is 1. The molecule has 1 aliphatic carbocycles. The van der Waals surface area contributed by atoms with Crippen LogP contribution in [0.15, 0.2) is 41.4 Å². The molecule has 2 N–H and O–H groups in total. The van der Waals surface area contributed by atoms with Gasteiger partial charge in [-0.1, -0.05) is 29.3 Å². The van der Waals surface area contributed by atoms with E-state index in [-0.39, 0.29) is 17.5 Å². The Bertz CT molecular complexity index is 1040. The second-order valence-electron chi connectivity index (χ2n) is 8.23. The molecular formula is C22H21Cl2N3O2. The fourth-order valence-electron chi connectivity index (χ4n) is 4.96. The summed E-state index contributed by atoms with van der Waals surface area (Å²) in [7, 11) is 1.67. The third kappa shape index (κ3) is 2.82. The lowest BCUT2D eigenvalue weighted by Crippen LogP contribution is -2.50. The maximum atomic E-state index is 13.4. The predicted molar refractivity (Wildman–Crippen MR) is 114 cm³/mol. The summed E-state index contributed by atoms with van der Waals surface area (Å²) in [5, 5.41) is 1.11. The molecule has 7 heteroatoms. The maximum absolute atomic E-state index is 13.4. The number of amides is 1.